The van der Waals surface area contributed by atoms with E-state index in [0.717, 1.165) is 52.3 Å². The number of anilines is 2. The highest BCUT2D eigenvalue weighted by atomic mass is 19.1. The molecule has 4 aromatic rings. The molecule has 1 atom stereocenters. The molecule has 2 aromatic heterocycles. The molecule has 9 heteroatoms. The van der Waals surface area contributed by atoms with Gasteiger partial charge in [-0.3, -0.25) is 19.7 Å². The number of carbonyl (C=O) groups excluding carboxylic acids is 1. The summed E-state index contributed by atoms with van der Waals surface area (Å²) in [6.07, 6.45) is 6.62. The van der Waals surface area contributed by atoms with Crippen molar-refractivity contribution in [2.75, 3.05) is 18.5 Å². The number of hydrogen-bond donors (Lipinski definition) is 2. The van der Waals surface area contributed by atoms with E-state index in [1.54, 1.807) is 26.2 Å². The van der Waals surface area contributed by atoms with Crippen molar-refractivity contribution in [3.63, 3.8) is 0 Å². The van der Waals surface area contributed by atoms with Crippen molar-refractivity contribution in [1.82, 2.24) is 30.2 Å². The molecular weight excluding hydrogens is 445 g/mol. The lowest BCUT2D eigenvalue weighted by Gasteiger charge is -2.32. The van der Waals surface area contributed by atoms with Crippen molar-refractivity contribution < 1.29 is 9.18 Å². The molecule has 0 bridgehead atoms. The van der Waals surface area contributed by atoms with Crippen molar-refractivity contribution in [2.24, 2.45) is 0 Å². The van der Waals surface area contributed by atoms with Gasteiger partial charge in [0.05, 0.1) is 23.1 Å². The first-order chi connectivity index (χ1) is 16.9. The monoisotopic (exact) mass is 473 g/mol. The highest BCUT2D eigenvalue weighted by Crippen LogP contribution is 2.41. The molecule has 1 aliphatic rings. The quantitative estimate of drug-likeness (QED) is 0.406. The van der Waals surface area contributed by atoms with Crippen LogP contribution in [0.1, 0.15) is 35.3 Å². The van der Waals surface area contributed by atoms with Gasteiger partial charge in [0.25, 0.3) is 0 Å². The first kappa shape index (κ1) is 22.8. The summed E-state index contributed by atoms with van der Waals surface area (Å²) >= 11 is 0. The largest absolute Gasteiger partial charge is 0.334 e. The molecule has 2 N–H and O–H groups in total. The molecule has 35 heavy (non-hydrogen) atoms. The number of aromatic nitrogens is 4. The maximum absolute atomic E-state index is 14.5. The van der Waals surface area contributed by atoms with E-state index in [4.69, 9.17) is 5.10 Å². The Morgan fingerprint density at radius 1 is 1.23 bits per heavy atom. The Kier molecular flexibility index (Phi) is 5.86. The summed E-state index contributed by atoms with van der Waals surface area (Å²) in [6, 6.07) is 9.76. The van der Waals surface area contributed by atoms with Crippen LogP contribution in [-0.4, -0.2) is 44.9 Å². The van der Waals surface area contributed by atoms with Crippen molar-refractivity contribution in [2.45, 2.75) is 33.2 Å². The van der Waals surface area contributed by atoms with Gasteiger partial charge in [-0.15, -0.1) is 0 Å². The number of nitrogens with one attached hydrogen (secondary N) is 2. The summed E-state index contributed by atoms with van der Waals surface area (Å²) < 4.78 is 16.4. The lowest BCUT2D eigenvalue weighted by Crippen LogP contribution is -2.31. The van der Waals surface area contributed by atoms with Gasteiger partial charge in [-0.05, 0) is 69.3 Å². The molecule has 180 valence electrons. The van der Waals surface area contributed by atoms with Gasteiger partial charge in [-0.2, -0.15) is 10.2 Å². The standard InChI is InChI=1S/C26H28FN7O/c1-16-11-21(12-17(2)25(16)27)34-26(24-18(3)32(4)9-7-23(24)31-34)33(10-8-28-15-35)20-5-6-22-19(13-20)14-29-30-22/h5-6,8,10-15,18H,7,9H2,1-4H3,(H,28,35)(H,29,30)/b10-8-/t18-/m0/s1. The topological polar surface area (TPSA) is 82.1 Å². The highest BCUT2D eigenvalue weighted by Gasteiger charge is 2.32. The summed E-state index contributed by atoms with van der Waals surface area (Å²) in [5, 5.41) is 15.7. The maximum atomic E-state index is 14.5. The number of aromatic amines is 1. The minimum Gasteiger partial charge on any atom is -0.334 e. The first-order valence-corrected chi connectivity index (χ1v) is 11.6. The third kappa shape index (κ3) is 3.97. The molecule has 8 nitrogen and oxygen atoms in total. The van der Waals surface area contributed by atoms with Crippen LogP contribution >= 0.6 is 0 Å². The number of halogens is 1. The zero-order valence-corrected chi connectivity index (χ0v) is 20.2. The predicted octanol–water partition coefficient (Wildman–Crippen LogP) is 4.41. The number of likely N-dealkylation sites (N-methyl/N-ethyl adjacent to an activating group) is 1. The Labute approximate surface area is 203 Å². The second kappa shape index (κ2) is 8.99. The van der Waals surface area contributed by atoms with Gasteiger partial charge in [-0.1, -0.05) is 0 Å². The third-order valence-electron chi connectivity index (χ3n) is 6.74. The van der Waals surface area contributed by atoms with Crippen LogP contribution in [0.2, 0.25) is 0 Å². The number of fused-ring (bicyclic) bond motifs is 2. The number of H-pyrrole nitrogens is 1. The number of rotatable bonds is 6. The fourth-order valence-corrected chi connectivity index (χ4v) is 4.75. The number of carbonyl (C=O) groups is 1. The van der Waals surface area contributed by atoms with Gasteiger partial charge in [0.15, 0.2) is 0 Å². The highest BCUT2D eigenvalue weighted by molar-refractivity contribution is 5.84. The second-order valence-corrected chi connectivity index (χ2v) is 9.01. The predicted molar refractivity (Wildman–Crippen MR) is 134 cm³/mol. The number of benzene rings is 2. The van der Waals surface area contributed by atoms with Gasteiger partial charge < -0.3 is 5.32 Å². The lowest BCUT2D eigenvalue weighted by atomic mass is 9.99. The molecule has 0 saturated heterocycles. The van der Waals surface area contributed by atoms with E-state index in [2.05, 4.69) is 34.4 Å². The maximum Gasteiger partial charge on any atom is 0.211 e. The Balaban J connectivity index is 1.78. The summed E-state index contributed by atoms with van der Waals surface area (Å²) in [7, 11) is 2.10. The Bertz CT molecular complexity index is 1410. The molecule has 0 spiro atoms. The zero-order valence-electron chi connectivity index (χ0n) is 20.2. The average Bonchev–Trinajstić information content (AvgIpc) is 3.47. The normalized spacial score (nSPS) is 16.1. The molecule has 0 fully saturated rings. The van der Waals surface area contributed by atoms with Crippen molar-refractivity contribution in [3.05, 3.63) is 77.1 Å². The van der Waals surface area contributed by atoms with Crippen LogP contribution in [0, 0.1) is 19.7 Å². The van der Waals surface area contributed by atoms with Crippen molar-refractivity contribution in [3.8, 4) is 5.69 Å². The molecule has 0 radical (unpaired) electrons. The molecular formula is C26H28FN7O. The van der Waals surface area contributed by atoms with E-state index in [1.165, 1.54) is 0 Å². The average molecular weight is 474 g/mol. The molecule has 3 heterocycles. The van der Waals surface area contributed by atoms with E-state index in [0.29, 0.717) is 17.5 Å². The SMILES string of the molecule is Cc1cc(-n2nc3c(c2N(/C=C\NC=O)c2ccc4[nH]ncc4c2)[C@H](C)N(C)CC3)cc(C)c1F. The molecule has 0 saturated carbocycles. The summed E-state index contributed by atoms with van der Waals surface area (Å²) in [5.41, 5.74) is 5.83. The van der Waals surface area contributed by atoms with Crippen LogP contribution < -0.4 is 10.2 Å². The van der Waals surface area contributed by atoms with E-state index in [-0.39, 0.29) is 11.9 Å². The summed E-state index contributed by atoms with van der Waals surface area (Å²) in [5.74, 6) is 0.633. The van der Waals surface area contributed by atoms with E-state index in [1.807, 2.05) is 46.1 Å². The second-order valence-electron chi connectivity index (χ2n) is 9.01. The van der Waals surface area contributed by atoms with Crippen LogP contribution in [0.15, 0.2) is 48.9 Å². The number of nitrogens with zero attached hydrogens (tertiary/aromatic N) is 5. The minimum absolute atomic E-state index is 0.109. The number of amides is 1. The number of aryl methyl sites for hydroxylation is 2. The Morgan fingerprint density at radius 3 is 2.74 bits per heavy atom. The van der Waals surface area contributed by atoms with Crippen LogP contribution in [0.25, 0.3) is 16.6 Å². The van der Waals surface area contributed by atoms with Crippen molar-refractivity contribution >= 4 is 28.8 Å². The van der Waals surface area contributed by atoms with Gasteiger partial charge >= 0.3 is 0 Å². The van der Waals surface area contributed by atoms with Gasteiger partial charge in [0, 0.05) is 48.0 Å². The van der Waals surface area contributed by atoms with Crippen LogP contribution in [0.3, 0.4) is 0 Å². The third-order valence-corrected chi connectivity index (χ3v) is 6.74. The molecule has 1 amide bonds. The van der Waals surface area contributed by atoms with Crippen LogP contribution in [0.4, 0.5) is 15.9 Å². The van der Waals surface area contributed by atoms with Crippen LogP contribution in [-0.2, 0) is 11.2 Å². The van der Waals surface area contributed by atoms with Gasteiger partial charge in [0.2, 0.25) is 6.41 Å². The van der Waals surface area contributed by atoms with E-state index >= 15 is 0 Å². The van der Waals surface area contributed by atoms with E-state index in [9.17, 15) is 9.18 Å². The number of hydrogen-bond acceptors (Lipinski definition) is 5. The summed E-state index contributed by atoms with van der Waals surface area (Å²) in [6.45, 7) is 6.60. The fourth-order valence-electron chi connectivity index (χ4n) is 4.75. The molecule has 2 aromatic carbocycles. The van der Waals surface area contributed by atoms with Gasteiger partial charge in [-0.25, -0.2) is 9.07 Å². The van der Waals surface area contributed by atoms with Gasteiger partial charge in [0.1, 0.15) is 11.6 Å². The summed E-state index contributed by atoms with van der Waals surface area (Å²) in [4.78, 5) is 15.3. The molecule has 1 aliphatic heterocycles. The zero-order chi connectivity index (χ0) is 24.7. The van der Waals surface area contributed by atoms with Crippen LogP contribution in [0.5, 0.6) is 0 Å². The lowest BCUT2D eigenvalue weighted by molar-refractivity contribution is -0.108. The molecule has 5 rings (SSSR count). The fraction of sp³-hybridized carbons (Fsp3) is 0.269. The molecule has 0 unspecified atom stereocenters. The van der Waals surface area contributed by atoms with Crippen molar-refractivity contribution in [1.29, 1.82) is 0 Å². The minimum atomic E-state index is -0.210. The Hall–Kier alpha value is -3.98. The molecule has 0 aliphatic carbocycles. The van der Waals surface area contributed by atoms with E-state index < -0.39 is 0 Å². The smallest absolute Gasteiger partial charge is 0.211 e. The Morgan fingerprint density at radius 2 is 2.00 bits per heavy atom. The first-order valence-electron chi connectivity index (χ1n) is 11.6.